The zero-order valence-corrected chi connectivity index (χ0v) is 15.0. The number of hydrogen-bond acceptors (Lipinski definition) is 3. The lowest BCUT2D eigenvalue weighted by molar-refractivity contribution is -0.155. The summed E-state index contributed by atoms with van der Waals surface area (Å²) in [4.78, 5) is 24.7. The Morgan fingerprint density at radius 1 is 1.04 bits per heavy atom. The number of esters is 1. The van der Waals surface area contributed by atoms with Gasteiger partial charge < -0.3 is 4.74 Å². The van der Waals surface area contributed by atoms with Crippen LogP contribution in [-0.2, 0) is 14.3 Å². The fraction of sp³-hybridized carbons (Fsp3) is 0.524. The van der Waals surface area contributed by atoms with Crippen LogP contribution in [0.5, 0.6) is 0 Å². The van der Waals surface area contributed by atoms with Gasteiger partial charge in [0, 0.05) is 16.5 Å². The topological polar surface area (TPSA) is 43.4 Å². The van der Waals surface area contributed by atoms with Crippen molar-refractivity contribution in [1.29, 1.82) is 0 Å². The van der Waals surface area contributed by atoms with Gasteiger partial charge in [0.15, 0.2) is 12.4 Å². The van der Waals surface area contributed by atoms with Gasteiger partial charge in [0.2, 0.25) is 0 Å². The van der Waals surface area contributed by atoms with Crippen molar-refractivity contribution < 1.29 is 14.3 Å². The molecule has 4 fully saturated rings. The normalized spacial score (nSPS) is 32.9. The summed E-state index contributed by atoms with van der Waals surface area (Å²) < 4.78 is 5.24. The van der Waals surface area contributed by atoms with Gasteiger partial charge in [-0.15, -0.1) is 0 Å². The van der Waals surface area contributed by atoms with Crippen LogP contribution >= 0.6 is 11.6 Å². The number of carbonyl (C=O) groups excluding carboxylic acids is 2. The van der Waals surface area contributed by atoms with Crippen molar-refractivity contribution in [1.82, 2.24) is 0 Å². The highest BCUT2D eigenvalue weighted by molar-refractivity contribution is 6.30. The molecule has 3 nitrogen and oxygen atoms in total. The highest BCUT2D eigenvalue weighted by Crippen LogP contribution is 2.60. The highest BCUT2D eigenvalue weighted by atomic mass is 35.5. The van der Waals surface area contributed by atoms with Crippen molar-refractivity contribution in [3.63, 3.8) is 0 Å². The van der Waals surface area contributed by atoms with E-state index in [0.29, 0.717) is 5.02 Å². The number of benzene rings is 1. The molecule has 0 aromatic heterocycles. The number of halogens is 1. The van der Waals surface area contributed by atoms with Gasteiger partial charge in [0.05, 0.1) is 0 Å². The Labute approximate surface area is 153 Å². The lowest BCUT2D eigenvalue weighted by atomic mass is 9.48. The zero-order valence-electron chi connectivity index (χ0n) is 14.2. The maximum atomic E-state index is 12.8. The second-order valence-electron chi connectivity index (χ2n) is 8.11. The molecule has 5 rings (SSSR count). The van der Waals surface area contributed by atoms with E-state index in [-0.39, 0.29) is 17.8 Å². The van der Waals surface area contributed by atoms with Gasteiger partial charge >= 0.3 is 5.97 Å². The lowest BCUT2D eigenvalue weighted by Gasteiger charge is -2.55. The lowest BCUT2D eigenvalue weighted by Crippen LogP contribution is -2.51. The van der Waals surface area contributed by atoms with E-state index in [1.54, 1.807) is 18.2 Å². The Balaban J connectivity index is 1.33. The fourth-order valence-corrected chi connectivity index (χ4v) is 5.65. The summed E-state index contributed by atoms with van der Waals surface area (Å²) in [6, 6.07) is 7.19. The summed E-state index contributed by atoms with van der Waals surface area (Å²) in [5.41, 5.74) is 0.670. The van der Waals surface area contributed by atoms with Crippen molar-refractivity contribution in [2.75, 3.05) is 6.61 Å². The zero-order chi connectivity index (χ0) is 17.4. The predicted octanol–water partition coefficient (Wildman–Crippen LogP) is 4.68. The fourth-order valence-electron chi connectivity index (χ4n) is 5.53. The molecule has 4 heteroatoms. The van der Waals surface area contributed by atoms with E-state index in [9.17, 15) is 9.59 Å². The number of Topliss-reactive ketones (excluding diaryl/α,β-unsaturated/α-hetero) is 1. The van der Waals surface area contributed by atoms with Crippen molar-refractivity contribution >= 4 is 29.4 Å². The SMILES string of the molecule is O=C(C=Cc1ccc(Cl)cc1)OCC(=O)C12CC3CC(CC(C3)C1)C2. The van der Waals surface area contributed by atoms with Crippen molar-refractivity contribution in [2.45, 2.75) is 38.5 Å². The van der Waals surface area contributed by atoms with E-state index in [4.69, 9.17) is 16.3 Å². The first-order valence-corrected chi connectivity index (χ1v) is 9.54. The molecule has 0 saturated heterocycles. The molecule has 4 aliphatic rings. The smallest absolute Gasteiger partial charge is 0.331 e. The minimum atomic E-state index is -0.465. The van der Waals surface area contributed by atoms with Crippen LogP contribution in [0.4, 0.5) is 0 Å². The van der Waals surface area contributed by atoms with E-state index in [1.165, 1.54) is 25.3 Å². The average Bonchev–Trinajstić information content (AvgIpc) is 2.58. The monoisotopic (exact) mass is 358 g/mol. The molecule has 0 N–H and O–H groups in total. The van der Waals surface area contributed by atoms with Crippen LogP contribution in [0.15, 0.2) is 30.3 Å². The summed E-state index contributed by atoms with van der Waals surface area (Å²) in [7, 11) is 0. The van der Waals surface area contributed by atoms with Crippen LogP contribution in [0, 0.1) is 23.2 Å². The van der Waals surface area contributed by atoms with E-state index < -0.39 is 5.97 Å². The van der Waals surface area contributed by atoms with E-state index in [1.807, 2.05) is 12.1 Å². The molecule has 0 aliphatic heterocycles. The van der Waals surface area contributed by atoms with E-state index in [2.05, 4.69) is 0 Å². The maximum absolute atomic E-state index is 12.8. The molecule has 1 aromatic carbocycles. The first-order valence-electron chi connectivity index (χ1n) is 9.16. The van der Waals surface area contributed by atoms with Gasteiger partial charge in [-0.05, 0) is 80.1 Å². The quantitative estimate of drug-likeness (QED) is 0.567. The van der Waals surface area contributed by atoms with E-state index >= 15 is 0 Å². The number of ether oxygens (including phenoxy) is 1. The Kier molecular flexibility index (Phi) is 4.45. The Morgan fingerprint density at radius 2 is 1.60 bits per heavy atom. The van der Waals surface area contributed by atoms with Crippen LogP contribution in [0.1, 0.15) is 44.1 Å². The molecule has 1 aromatic rings. The Hall–Kier alpha value is -1.61. The molecular weight excluding hydrogens is 336 g/mol. The molecule has 0 spiro atoms. The van der Waals surface area contributed by atoms with Crippen molar-refractivity contribution in [2.24, 2.45) is 23.2 Å². The van der Waals surface area contributed by atoms with Gasteiger partial charge in [-0.25, -0.2) is 4.79 Å². The second-order valence-corrected chi connectivity index (χ2v) is 8.55. The van der Waals surface area contributed by atoms with Gasteiger partial charge in [0.1, 0.15) is 0 Å². The van der Waals surface area contributed by atoms with Crippen LogP contribution in [0.2, 0.25) is 5.02 Å². The Morgan fingerprint density at radius 3 is 2.16 bits per heavy atom. The largest absolute Gasteiger partial charge is 0.455 e. The van der Waals surface area contributed by atoms with Crippen LogP contribution in [0.3, 0.4) is 0 Å². The molecule has 0 radical (unpaired) electrons. The third kappa shape index (κ3) is 3.52. The summed E-state index contributed by atoms with van der Waals surface area (Å²) in [6.07, 6.45) is 9.98. The van der Waals surface area contributed by atoms with Crippen molar-refractivity contribution in [3.05, 3.63) is 40.9 Å². The Bertz CT molecular complexity index is 669. The van der Waals surface area contributed by atoms with Gasteiger partial charge in [0.25, 0.3) is 0 Å². The summed E-state index contributed by atoms with van der Waals surface area (Å²) in [5.74, 6) is 1.83. The molecule has 0 amide bonds. The third-order valence-electron chi connectivity index (χ3n) is 6.26. The molecule has 0 unspecified atom stereocenters. The average molecular weight is 359 g/mol. The molecule has 4 saturated carbocycles. The minimum Gasteiger partial charge on any atom is -0.455 e. The number of hydrogen-bond donors (Lipinski definition) is 0. The van der Waals surface area contributed by atoms with Crippen LogP contribution in [0.25, 0.3) is 6.08 Å². The maximum Gasteiger partial charge on any atom is 0.331 e. The standard InChI is InChI=1S/C21H23ClO3/c22-18-4-1-14(2-5-18)3-6-20(24)25-13-19(23)21-10-15-7-16(11-21)9-17(8-15)12-21/h1-6,15-17H,7-13H2. The molecule has 0 atom stereocenters. The highest BCUT2D eigenvalue weighted by Gasteiger charge is 2.54. The number of rotatable bonds is 5. The minimum absolute atomic E-state index is 0.0874. The number of carbonyl (C=O) groups is 2. The summed E-state index contributed by atoms with van der Waals surface area (Å²) in [6.45, 7) is -0.0874. The summed E-state index contributed by atoms with van der Waals surface area (Å²) >= 11 is 5.83. The van der Waals surface area contributed by atoms with Crippen LogP contribution in [-0.4, -0.2) is 18.4 Å². The second kappa shape index (κ2) is 6.60. The van der Waals surface area contributed by atoms with E-state index in [0.717, 1.165) is 42.6 Å². The molecular formula is C21H23ClO3. The predicted molar refractivity (Wildman–Crippen MR) is 97.1 cm³/mol. The first kappa shape index (κ1) is 16.8. The van der Waals surface area contributed by atoms with Gasteiger partial charge in [-0.3, -0.25) is 4.79 Å². The summed E-state index contributed by atoms with van der Waals surface area (Å²) in [5, 5.41) is 0.654. The van der Waals surface area contributed by atoms with Crippen LogP contribution < -0.4 is 0 Å². The first-order chi connectivity index (χ1) is 12.0. The van der Waals surface area contributed by atoms with Gasteiger partial charge in [-0.1, -0.05) is 23.7 Å². The molecule has 132 valence electrons. The molecule has 4 bridgehead atoms. The molecule has 25 heavy (non-hydrogen) atoms. The van der Waals surface area contributed by atoms with Crippen molar-refractivity contribution in [3.8, 4) is 0 Å². The molecule has 0 heterocycles. The number of ketones is 1. The third-order valence-corrected chi connectivity index (χ3v) is 6.51. The molecule has 4 aliphatic carbocycles. The van der Waals surface area contributed by atoms with Gasteiger partial charge in [-0.2, -0.15) is 0 Å².